The zero-order chi connectivity index (χ0) is 19.0. The topological polar surface area (TPSA) is 68.0 Å². The lowest BCUT2D eigenvalue weighted by atomic mass is 9.93. The molecular weight excluding hydrogens is 358 g/mol. The lowest BCUT2D eigenvalue weighted by Crippen LogP contribution is -2.15. The van der Waals surface area contributed by atoms with Crippen LogP contribution in [-0.2, 0) is 5.41 Å². The molecule has 6 heteroatoms. The molecular formula is C21H19N3O2S. The summed E-state index contributed by atoms with van der Waals surface area (Å²) in [6, 6.07) is 13.0. The number of rotatable bonds is 3. The number of carbonyl (C=O) groups excluding carboxylic acids is 1. The van der Waals surface area contributed by atoms with Crippen LogP contribution in [0.3, 0.4) is 0 Å². The van der Waals surface area contributed by atoms with Gasteiger partial charge in [0.05, 0.1) is 23.0 Å². The summed E-state index contributed by atoms with van der Waals surface area (Å²) in [7, 11) is 0. The average molecular weight is 377 g/mol. The van der Waals surface area contributed by atoms with Crippen LogP contribution in [0.25, 0.3) is 22.4 Å². The van der Waals surface area contributed by atoms with E-state index in [9.17, 15) is 4.79 Å². The Kier molecular flexibility index (Phi) is 4.28. The molecule has 3 heterocycles. The Balaban J connectivity index is 1.73. The molecule has 0 saturated carbocycles. The number of nitrogens with zero attached hydrogens (tertiary/aromatic N) is 2. The number of hydrogen-bond acceptors (Lipinski definition) is 5. The summed E-state index contributed by atoms with van der Waals surface area (Å²) >= 11 is 1.43. The van der Waals surface area contributed by atoms with Crippen molar-refractivity contribution < 1.29 is 9.21 Å². The van der Waals surface area contributed by atoms with Gasteiger partial charge >= 0.3 is 0 Å². The Labute approximate surface area is 161 Å². The van der Waals surface area contributed by atoms with E-state index in [2.05, 4.69) is 36.1 Å². The van der Waals surface area contributed by atoms with Crippen molar-refractivity contribution in [2.45, 2.75) is 26.2 Å². The third-order valence-corrected chi connectivity index (χ3v) is 4.99. The van der Waals surface area contributed by atoms with Crippen molar-refractivity contribution in [2.75, 3.05) is 5.32 Å². The molecule has 0 atom stereocenters. The number of thiazole rings is 1. The summed E-state index contributed by atoms with van der Waals surface area (Å²) in [5, 5.41) is 6.28. The van der Waals surface area contributed by atoms with Crippen LogP contribution in [0.4, 0.5) is 5.13 Å². The molecule has 1 amide bonds. The zero-order valence-corrected chi connectivity index (χ0v) is 16.1. The Morgan fingerprint density at radius 3 is 2.63 bits per heavy atom. The van der Waals surface area contributed by atoms with Gasteiger partial charge in [-0.3, -0.25) is 10.1 Å². The summed E-state index contributed by atoms with van der Waals surface area (Å²) in [5.74, 6) is 0.412. The number of amides is 1. The van der Waals surface area contributed by atoms with E-state index in [4.69, 9.17) is 4.42 Å². The minimum absolute atomic E-state index is 0.0602. The van der Waals surface area contributed by atoms with E-state index in [1.54, 1.807) is 18.4 Å². The molecule has 0 aliphatic carbocycles. The second-order valence-electron chi connectivity index (χ2n) is 7.29. The molecule has 0 unspecified atom stereocenters. The molecule has 0 aliphatic heterocycles. The molecule has 1 aromatic carbocycles. The first-order chi connectivity index (χ1) is 12.9. The standard InChI is InChI=1S/C21H19N3O2S/c1-21(2,3)18-12-27-20(23-18)24-19(25)14-11-16(17-9-6-10-26-17)22-15-8-5-4-7-13(14)15/h4-12H,1-3H3,(H,23,24,25). The summed E-state index contributed by atoms with van der Waals surface area (Å²) in [6.45, 7) is 6.29. The Morgan fingerprint density at radius 2 is 1.93 bits per heavy atom. The zero-order valence-electron chi connectivity index (χ0n) is 15.3. The molecule has 0 aliphatic rings. The van der Waals surface area contributed by atoms with Crippen LogP contribution in [0.1, 0.15) is 36.8 Å². The minimum Gasteiger partial charge on any atom is -0.463 e. The summed E-state index contributed by atoms with van der Waals surface area (Å²) in [4.78, 5) is 22.2. The first-order valence-corrected chi connectivity index (χ1v) is 9.51. The quantitative estimate of drug-likeness (QED) is 0.512. The van der Waals surface area contributed by atoms with Gasteiger partial charge in [0.15, 0.2) is 10.9 Å². The highest BCUT2D eigenvalue weighted by molar-refractivity contribution is 7.14. The molecule has 4 rings (SSSR count). The summed E-state index contributed by atoms with van der Waals surface area (Å²) < 4.78 is 5.46. The second-order valence-corrected chi connectivity index (χ2v) is 8.15. The van der Waals surface area contributed by atoms with Crippen LogP contribution < -0.4 is 5.32 Å². The maximum absolute atomic E-state index is 13.0. The number of fused-ring (bicyclic) bond motifs is 1. The third-order valence-electron chi connectivity index (χ3n) is 4.23. The molecule has 4 aromatic rings. The maximum Gasteiger partial charge on any atom is 0.258 e. The number of pyridine rings is 1. The first-order valence-electron chi connectivity index (χ1n) is 8.63. The molecule has 27 heavy (non-hydrogen) atoms. The summed E-state index contributed by atoms with van der Waals surface area (Å²) in [6.07, 6.45) is 1.59. The molecule has 0 saturated heterocycles. The number of nitrogens with one attached hydrogen (secondary N) is 1. The maximum atomic E-state index is 13.0. The van der Waals surface area contributed by atoms with E-state index >= 15 is 0 Å². The van der Waals surface area contributed by atoms with Gasteiger partial charge in [-0.05, 0) is 24.3 Å². The molecule has 0 fully saturated rings. The first kappa shape index (κ1) is 17.4. The Hall–Kier alpha value is -2.99. The lowest BCUT2D eigenvalue weighted by Gasteiger charge is -2.14. The lowest BCUT2D eigenvalue weighted by molar-refractivity contribution is 0.102. The van der Waals surface area contributed by atoms with E-state index in [-0.39, 0.29) is 11.3 Å². The van der Waals surface area contributed by atoms with E-state index in [0.29, 0.717) is 22.1 Å². The van der Waals surface area contributed by atoms with Crippen LogP contribution >= 0.6 is 11.3 Å². The van der Waals surface area contributed by atoms with E-state index in [1.807, 2.05) is 35.7 Å². The number of carbonyl (C=O) groups is 1. The van der Waals surface area contributed by atoms with E-state index in [0.717, 1.165) is 16.6 Å². The van der Waals surface area contributed by atoms with Crippen molar-refractivity contribution >= 4 is 33.3 Å². The van der Waals surface area contributed by atoms with Crippen molar-refractivity contribution in [1.29, 1.82) is 0 Å². The van der Waals surface area contributed by atoms with Crippen LogP contribution in [0, 0.1) is 0 Å². The number of benzene rings is 1. The number of furan rings is 1. The van der Waals surface area contributed by atoms with Crippen molar-refractivity contribution in [3.8, 4) is 11.5 Å². The van der Waals surface area contributed by atoms with Gasteiger partial charge in [0.25, 0.3) is 5.91 Å². The SMILES string of the molecule is CC(C)(C)c1csc(NC(=O)c2cc(-c3ccco3)nc3ccccc23)n1. The van der Waals surface area contributed by atoms with Crippen molar-refractivity contribution in [2.24, 2.45) is 0 Å². The van der Waals surface area contributed by atoms with Crippen molar-refractivity contribution in [1.82, 2.24) is 9.97 Å². The minimum atomic E-state index is -0.212. The molecule has 0 radical (unpaired) electrons. The van der Waals surface area contributed by atoms with Crippen LogP contribution in [0.5, 0.6) is 0 Å². The smallest absolute Gasteiger partial charge is 0.258 e. The van der Waals surface area contributed by atoms with Gasteiger partial charge < -0.3 is 4.42 Å². The molecule has 3 aromatic heterocycles. The molecule has 0 bridgehead atoms. The molecule has 5 nitrogen and oxygen atoms in total. The van der Waals surface area contributed by atoms with Crippen LogP contribution in [0.15, 0.2) is 58.5 Å². The van der Waals surface area contributed by atoms with Gasteiger partial charge in [0.2, 0.25) is 0 Å². The van der Waals surface area contributed by atoms with Crippen molar-refractivity contribution in [3.05, 3.63) is 65.4 Å². The normalized spacial score (nSPS) is 11.7. The van der Waals surface area contributed by atoms with Gasteiger partial charge in [0, 0.05) is 16.2 Å². The summed E-state index contributed by atoms with van der Waals surface area (Å²) in [5.41, 5.74) is 2.80. The largest absolute Gasteiger partial charge is 0.463 e. The highest BCUT2D eigenvalue weighted by Crippen LogP contribution is 2.28. The molecule has 136 valence electrons. The Morgan fingerprint density at radius 1 is 1.11 bits per heavy atom. The Bertz CT molecular complexity index is 1110. The van der Waals surface area contributed by atoms with E-state index < -0.39 is 0 Å². The van der Waals surface area contributed by atoms with Gasteiger partial charge in [-0.1, -0.05) is 39.0 Å². The predicted molar refractivity (Wildman–Crippen MR) is 108 cm³/mol. The predicted octanol–water partition coefficient (Wildman–Crippen LogP) is 5.50. The van der Waals surface area contributed by atoms with Gasteiger partial charge in [0.1, 0.15) is 5.69 Å². The monoisotopic (exact) mass is 377 g/mol. The van der Waals surface area contributed by atoms with Gasteiger partial charge in [-0.15, -0.1) is 11.3 Å². The van der Waals surface area contributed by atoms with Crippen molar-refractivity contribution in [3.63, 3.8) is 0 Å². The number of hydrogen-bond donors (Lipinski definition) is 1. The highest BCUT2D eigenvalue weighted by atomic mass is 32.1. The van der Waals surface area contributed by atoms with Gasteiger partial charge in [-0.25, -0.2) is 9.97 Å². The van der Waals surface area contributed by atoms with E-state index in [1.165, 1.54) is 11.3 Å². The number of anilines is 1. The number of aromatic nitrogens is 2. The van der Waals surface area contributed by atoms with Crippen LogP contribution in [-0.4, -0.2) is 15.9 Å². The molecule has 0 spiro atoms. The average Bonchev–Trinajstić information content (AvgIpc) is 3.32. The fraction of sp³-hybridized carbons (Fsp3) is 0.190. The highest BCUT2D eigenvalue weighted by Gasteiger charge is 2.20. The number of para-hydroxylation sites is 1. The van der Waals surface area contributed by atoms with Crippen LogP contribution in [0.2, 0.25) is 0 Å². The molecule has 1 N–H and O–H groups in total. The van der Waals surface area contributed by atoms with Gasteiger partial charge in [-0.2, -0.15) is 0 Å². The third kappa shape index (κ3) is 3.48. The fourth-order valence-electron chi connectivity index (χ4n) is 2.75. The second kappa shape index (κ2) is 6.63. The fourth-order valence-corrected chi connectivity index (χ4v) is 3.69.